The molecular formula is C26H20ClF2N5O3. The number of hydrogen-bond acceptors (Lipinski definition) is 6. The zero-order chi connectivity index (χ0) is 26.2. The molecule has 1 aliphatic rings. The van der Waals surface area contributed by atoms with Crippen molar-refractivity contribution in [1.82, 2.24) is 20.2 Å². The third-order valence-corrected chi connectivity index (χ3v) is 6.02. The van der Waals surface area contributed by atoms with E-state index in [1.165, 1.54) is 6.08 Å². The Bertz CT molecular complexity index is 1510. The first kappa shape index (κ1) is 24.4. The molecule has 5 rings (SSSR count). The van der Waals surface area contributed by atoms with Crippen molar-refractivity contribution in [2.45, 2.75) is 12.5 Å². The maximum absolute atomic E-state index is 13.1. The van der Waals surface area contributed by atoms with Crippen molar-refractivity contribution in [1.29, 1.82) is 0 Å². The predicted molar refractivity (Wildman–Crippen MR) is 135 cm³/mol. The molecule has 0 spiro atoms. The number of carbonyl (C=O) groups excluding carboxylic acids is 2. The summed E-state index contributed by atoms with van der Waals surface area (Å²) in [5.41, 5.74) is 8.97. The Labute approximate surface area is 214 Å². The number of likely N-dealkylation sites (tertiary alicyclic amines) is 1. The summed E-state index contributed by atoms with van der Waals surface area (Å²) in [6.45, 7) is -1.08. The molecule has 4 aromatic rings. The highest BCUT2D eigenvalue weighted by atomic mass is 35.5. The Morgan fingerprint density at radius 2 is 1.89 bits per heavy atom. The van der Waals surface area contributed by atoms with E-state index in [2.05, 4.69) is 15.3 Å². The molecule has 188 valence electrons. The summed E-state index contributed by atoms with van der Waals surface area (Å²) in [5.74, 6) is -2.93. The number of rotatable bonds is 6. The molecule has 37 heavy (non-hydrogen) atoms. The Morgan fingerprint density at radius 3 is 2.57 bits per heavy atom. The fraction of sp³-hybridized carbons (Fsp3) is 0.154. The maximum atomic E-state index is 13.1. The van der Waals surface area contributed by atoms with E-state index in [-0.39, 0.29) is 18.3 Å². The summed E-state index contributed by atoms with van der Waals surface area (Å²) >= 11 is 6.41. The fourth-order valence-corrected chi connectivity index (χ4v) is 4.09. The van der Waals surface area contributed by atoms with Gasteiger partial charge in [-0.3, -0.25) is 9.59 Å². The lowest BCUT2D eigenvalue weighted by atomic mass is 10.0. The lowest BCUT2D eigenvalue weighted by Crippen LogP contribution is -2.58. The molecule has 3 heterocycles. The van der Waals surface area contributed by atoms with Crippen molar-refractivity contribution < 1.29 is 22.8 Å². The summed E-state index contributed by atoms with van der Waals surface area (Å²) in [5, 5.41) is 3.02. The van der Waals surface area contributed by atoms with Crippen LogP contribution in [0, 0.1) is 0 Å². The molecule has 2 aromatic heterocycles. The number of carbonyl (C=O) groups is 2. The first-order valence-corrected chi connectivity index (χ1v) is 11.6. The predicted octanol–water partition coefficient (Wildman–Crippen LogP) is 4.55. The maximum Gasteiger partial charge on any atom is 0.282 e. The van der Waals surface area contributed by atoms with Gasteiger partial charge in [0, 0.05) is 17.8 Å². The van der Waals surface area contributed by atoms with Crippen LogP contribution in [0.3, 0.4) is 0 Å². The van der Waals surface area contributed by atoms with Crippen LogP contribution in [0.4, 0.5) is 14.6 Å². The van der Waals surface area contributed by atoms with Crippen LogP contribution in [0.1, 0.15) is 21.8 Å². The summed E-state index contributed by atoms with van der Waals surface area (Å²) in [6, 6.07) is 13.5. The molecule has 0 bridgehead atoms. The first-order valence-electron chi connectivity index (χ1n) is 11.2. The number of aromatic nitrogens is 2. The molecule has 1 fully saturated rings. The molecule has 2 aromatic carbocycles. The van der Waals surface area contributed by atoms with Crippen molar-refractivity contribution in [2.75, 3.05) is 18.8 Å². The normalized spacial score (nSPS) is 14.6. The number of nitrogens with one attached hydrogen (secondary N) is 1. The molecular weight excluding hydrogens is 504 g/mol. The van der Waals surface area contributed by atoms with Crippen LogP contribution in [0.15, 0.2) is 65.2 Å². The van der Waals surface area contributed by atoms with Crippen LogP contribution in [0.5, 0.6) is 0 Å². The van der Waals surface area contributed by atoms with E-state index in [9.17, 15) is 18.4 Å². The van der Waals surface area contributed by atoms with Gasteiger partial charge in [0.2, 0.25) is 11.8 Å². The first-order chi connectivity index (χ1) is 17.7. The van der Waals surface area contributed by atoms with Gasteiger partial charge in [0.25, 0.3) is 11.8 Å². The summed E-state index contributed by atoms with van der Waals surface area (Å²) in [6.07, 6.45) is 4.52. The molecule has 0 atom stereocenters. The number of amides is 2. The second kappa shape index (κ2) is 9.62. The van der Waals surface area contributed by atoms with E-state index in [0.29, 0.717) is 27.5 Å². The molecule has 1 saturated heterocycles. The number of nitrogens with two attached hydrogens (primary N) is 1. The van der Waals surface area contributed by atoms with Gasteiger partial charge in [-0.2, -0.15) is 0 Å². The number of alkyl halides is 2. The average Bonchev–Trinajstić information content (AvgIpc) is 3.29. The summed E-state index contributed by atoms with van der Waals surface area (Å²) in [4.78, 5) is 34.0. The van der Waals surface area contributed by atoms with Crippen LogP contribution in [-0.4, -0.2) is 45.7 Å². The molecule has 0 unspecified atom stereocenters. The molecule has 1 aliphatic heterocycles. The quantitative estimate of drug-likeness (QED) is 0.358. The van der Waals surface area contributed by atoms with Gasteiger partial charge in [-0.1, -0.05) is 23.7 Å². The Balaban J connectivity index is 1.25. The molecule has 0 saturated carbocycles. The largest absolute Gasteiger partial charge is 0.437 e. The van der Waals surface area contributed by atoms with Crippen LogP contribution >= 0.6 is 11.6 Å². The van der Waals surface area contributed by atoms with E-state index in [1.807, 2.05) is 0 Å². The van der Waals surface area contributed by atoms with Crippen molar-refractivity contribution in [3.05, 3.63) is 82.8 Å². The second-order valence-corrected chi connectivity index (χ2v) is 8.98. The topological polar surface area (TPSA) is 114 Å². The Kier molecular flexibility index (Phi) is 6.34. The van der Waals surface area contributed by atoms with Crippen molar-refractivity contribution in [2.24, 2.45) is 0 Å². The van der Waals surface area contributed by atoms with Gasteiger partial charge in [-0.05, 0) is 59.2 Å². The number of halogens is 3. The summed E-state index contributed by atoms with van der Waals surface area (Å²) < 4.78 is 31.8. The van der Waals surface area contributed by atoms with Gasteiger partial charge in [0.05, 0.1) is 24.7 Å². The van der Waals surface area contributed by atoms with Gasteiger partial charge in [0.1, 0.15) is 11.3 Å². The highest BCUT2D eigenvalue weighted by Crippen LogP contribution is 2.32. The zero-order valence-electron chi connectivity index (χ0n) is 19.2. The van der Waals surface area contributed by atoms with Crippen molar-refractivity contribution >= 4 is 46.4 Å². The minimum absolute atomic E-state index is 0.0514. The van der Waals surface area contributed by atoms with Crippen molar-refractivity contribution in [3.63, 3.8) is 0 Å². The Hall–Kier alpha value is -4.31. The molecule has 0 aliphatic carbocycles. The SMILES string of the molecule is Nc1ccc(/C=C/C(=O)NCc2nc3cc(-c4ccc(C(=O)N5CC(F)(F)C5)cc4)cc(Cl)c3o2)cn1. The minimum Gasteiger partial charge on any atom is -0.437 e. The van der Waals surface area contributed by atoms with E-state index in [1.54, 1.807) is 60.8 Å². The Morgan fingerprint density at radius 1 is 1.14 bits per heavy atom. The van der Waals surface area contributed by atoms with E-state index >= 15 is 0 Å². The zero-order valence-corrected chi connectivity index (χ0v) is 20.0. The highest BCUT2D eigenvalue weighted by molar-refractivity contribution is 6.35. The van der Waals surface area contributed by atoms with Crippen LogP contribution < -0.4 is 11.1 Å². The third-order valence-electron chi connectivity index (χ3n) is 5.74. The number of oxazole rings is 1. The van der Waals surface area contributed by atoms with Gasteiger partial charge >= 0.3 is 0 Å². The van der Waals surface area contributed by atoms with Crippen LogP contribution in [-0.2, 0) is 11.3 Å². The molecule has 3 N–H and O–H groups in total. The van der Waals surface area contributed by atoms with Gasteiger partial charge < -0.3 is 20.4 Å². The van der Waals surface area contributed by atoms with Gasteiger partial charge in [-0.15, -0.1) is 0 Å². The standard InChI is InChI=1S/C26H20ClF2N5O3/c27-19-9-18(16-3-5-17(6-4-16)25(36)34-13-26(28,29)14-34)10-20-24(19)37-23(33-20)12-32-22(35)8-2-15-1-7-21(30)31-11-15/h1-11H,12-14H2,(H2,30,31)(H,32,35)/b8-2+. The highest BCUT2D eigenvalue weighted by Gasteiger charge is 2.46. The van der Waals surface area contributed by atoms with E-state index in [0.717, 1.165) is 21.6 Å². The second-order valence-electron chi connectivity index (χ2n) is 8.58. The fourth-order valence-electron chi connectivity index (χ4n) is 3.83. The monoisotopic (exact) mass is 523 g/mol. The number of hydrogen-bond donors (Lipinski definition) is 2. The third kappa shape index (κ3) is 5.44. The van der Waals surface area contributed by atoms with E-state index in [4.69, 9.17) is 21.8 Å². The summed E-state index contributed by atoms with van der Waals surface area (Å²) in [7, 11) is 0. The number of fused-ring (bicyclic) bond motifs is 1. The van der Waals surface area contributed by atoms with Crippen LogP contribution in [0.2, 0.25) is 5.02 Å². The molecule has 8 nitrogen and oxygen atoms in total. The van der Waals surface area contributed by atoms with Gasteiger partial charge in [0.15, 0.2) is 5.58 Å². The van der Waals surface area contributed by atoms with Gasteiger partial charge in [-0.25, -0.2) is 18.7 Å². The minimum atomic E-state index is -2.81. The number of nitrogens with zero attached hydrogens (tertiary/aromatic N) is 3. The molecule has 2 amide bonds. The van der Waals surface area contributed by atoms with Crippen LogP contribution in [0.25, 0.3) is 28.3 Å². The molecule has 0 radical (unpaired) electrons. The smallest absolute Gasteiger partial charge is 0.282 e. The number of anilines is 1. The number of pyridine rings is 1. The number of benzene rings is 2. The molecule has 11 heteroatoms. The average molecular weight is 524 g/mol. The number of nitrogen functional groups attached to an aromatic ring is 1. The van der Waals surface area contributed by atoms with Crippen molar-refractivity contribution in [3.8, 4) is 11.1 Å². The van der Waals surface area contributed by atoms with E-state index < -0.39 is 24.9 Å². The lowest BCUT2D eigenvalue weighted by Gasteiger charge is -2.38. The lowest BCUT2D eigenvalue weighted by molar-refractivity contribution is -0.116.